The summed E-state index contributed by atoms with van der Waals surface area (Å²) in [5.74, 6) is -1.06. The van der Waals surface area contributed by atoms with Crippen molar-refractivity contribution in [2.24, 2.45) is 50.2 Å². The molecule has 9 heteroatoms. The van der Waals surface area contributed by atoms with Gasteiger partial charge in [-0.3, -0.25) is 14.4 Å². The van der Waals surface area contributed by atoms with Crippen molar-refractivity contribution in [1.29, 1.82) is 0 Å². The smallest absolute Gasteiger partial charge is 0.303 e. The molecule has 3 N–H and O–H groups in total. The van der Waals surface area contributed by atoms with Gasteiger partial charge in [-0.15, -0.1) is 0 Å². The number of aliphatic hydroxyl groups is 3. The molecular formula is C36H56O9. The standard InChI is InChI=1S/C36H56O9/c1-20(38)43-19-33(7)25-12-15-34(8)26(32(25,6)14-13-28(33)44-21(2)39)11-10-23-24-16-31(4,5)30(45-22(3)40)29(42)36(24,18-37)27(41)17-35(23,34)9/h10,24-30,37,41-42H,11-19H2,1-9H3/t24?,25?,26?,27-,28+,29+,30+,32+,33-,34-,35-,36+/m1/s1. The Bertz CT molecular complexity index is 1260. The topological polar surface area (TPSA) is 140 Å². The maximum atomic E-state index is 12.2. The van der Waals surface area contributed by atoms with E-state index in [9.17, 15) is 29.7 Å². The van der Waals surface area contributed by atoms with E-state index < -0.39 is 52.5 Å². The van der Waals surface area contributed by atoms with Crippen LogP contribution in [0.25, 0.3) is 0 Å². The maximum Gasteiger partial charge on any atom is 0.303 e. The molecule has 0 radical (unpaired) electrons. The molecule has 254 valence electrons. The first kappa shape index (κ1) is 34.4. The second-order valence-corrected chi connectivity index (χ2v) is 16.9. The van der Waals surface area contributed by atoms with E-state index in [0.717, 1.165) is 25.7 Å². The molecule has 5 aliphatic rings. The lowest BCUT2D eigenvalue weighted by atomic mass is 9.33. The first-order valence-electron chi connectivity index (χ1n) is 16.9. The quantitative estimate of drug-likeness (QED) is 0.223. The highest BCUT2D eigenvalue weighted by atomic mass is 16.6. The van der Waals surface area contributed by atoms with E-state index in [2.05, 4.69) is 33.8 Å². The van der Waals surface area contributed by atoms with Crippen molar-refractivity contribution in [3.05, 3.63) is 11.6 Å². The molecule has 0 bridgehead atoms. The fraction of sp³-hybridized carbons (Fsp3) is 0.861. The monoisotopic (exact) mass is 632 g/mol. The number of hydrogen-bond acceptors (Lipinski definition) is 9. The Morgan fingerprint density at radius 1 is 0.867 bits per heavy atom. The van der Waals surface area contributed by atoms with Crippen molar-refractivity contribution in [3.8, 4) is 0 Å². The third-order valence-electron chi connectivity index (χ3n) is 14.3. The molecule has 0 spiro atoms. The summed E-state index contributed by atoms with van der Waals surface area (Å²) in [6.07, 6.45) is 3.97. The fourth-order valence-electron chi connectivity index (χ4n) is 11.9. The number of aliphatic hydroxyl groups excluding tert-OH is 3. The predicted molar refractivity (Wildman–Crippen MR) is 166 cm³/mol. The molecule has 0 saturated heterocycles. The molecule has 0 aliphatic heterocycles. The summed E-state index contributed by atoms with van der Waals surface area (Å²) in [7, 11) is 0. The Morgan fingerprint density at radius 3 is 2.09 bits per heavy atom. The van der Waals surface area contributed by atoms with E-state index >= 15 is 0 Å². The van der Waals surface area contributed by atoms with Crippen LogP contribution in [0.3, 0.4) is 0 Å². The van der Waals surface area contributed by atoms with Gasteiger partial charge in [0.15, 0.2) is 0 Å². The Hall–Kier alpha value is -1.97. The SMILES string of the molecule is CC(=O)OC[C@]1(C)C2CC[C@]3(C)C(CC=C4C5CC(C)(C)[C@@H](OC(C)=O)[C@H](O)[C@]5(CO)[C@H](O)C[C@]43C)[C@@]2(C)CC[C@@H]1OC(C)=O. The molecule has 4 saturated carbocycles. The molecule has 0 aromatic carbocycles. The number of hydrogen-bond donors (Lipinski definition) is 3. The van der Waals surface area contributed by atoms with Gasteiger partial charge in [-0.05, 0) is 78.9 Å². The second-order valence-electron chi connectivity index (χ2n) is 16.9. The lowest BCUT2D eigenvalue weighted by molar-refractivity contribution is -0.263. The Labute approximate surface area is 268 Å². The zero-order chi connectivity index (χ0) is 33.5. The minimum absolute atomic E-state index is 0.143. The van der Waals surface area contributed by atoms with E-state index in [1.807, 2.05) is 13.8 Å². The molecule has 12 atom stereocenters. The van der Waals surface area contributed by atoms with Crippen molar-refractivity contribution >= 4 is 17.9 Å². The van der Waals surface area contributed by atoms with Crippen LogP contribution in [-0.4, -0.2) is 70.9 Å². The Morgan fingerprint density at radius 2 is 1.51 bits per heavy atom. The normalized spacial score (nSPS) is 48.4. The third kappa shape index (κ3) is 4.75. The summed E-state index contributed by atoms with van der Waals surface area (Å²) < 4.78 is 17.2. The highest BCUT2D eigenvalue weighted by Gasteiger charge is 2.73. The van der Waals surface area contributed by atoms with Gasteiger partial charge in [-0.25, -0.2) is 0 Å². The van der Waals surface area contributed by atoms with Crippen molar-refractivity contribution in [3.63, 3.8) is 0 Å². The van der Waals surface area contributed by atoms with E-state index in [0.29, 0.717) is 19.3 Å². The van der Waals surface area contributed by atoms with Crippen LogP contribution in [0.2, 0.25) is 0 Å². The average Bonchev–Trinajstić information content (AvgIpc) is 2.92. The lowest BCUT2D eigenvalue weighted by Gasteiger charge is -2.72. The van der Waals surface area contributed by atoms with Crippen molar-refractivity contribution in [1.82, 2.24) is 0 Å². The molecule has 5 aliphatic carbocycles. The number of allylic oxidation sites excluding steroid dienone is 2. The van der Waals surface area contributed by atoms with Crippen LogP contribution < -0.4 is 0 Å². The van der Waals surface area contributed by atoms with Gasteiger partial charge >= 0.3 is 17.9 Å². The third-order valence-corrected chi connectivity index (χ3v) is 14.3. The molecule has 0 aromatic heterocycles. The minimum Gasteiger partial charge on any atom is -0.465 e. The van der Waals surface area contributed by atoms with E-state index in [-0.39, 0.29) is 53.2 Å². The zero-order valence-electron chi connectivity index (χ0n) is 28.8. The van der Waals surface area contributed by atoms with Crippen molar-refractivity contribution < 1.29 is 43.9 Å². The lowest BCUT2D eigenvalue weighted by Crippen LogP contribution is -2.72. The summed E-state index contributed by atoms with van der Waals surface area (Å²) in [4.78, 5) is 36.2. The largest absolute Gasteiger partial charge is 0.465 e. The summed E-state index contributed by atoms with van der Waals surface area (Å²) in [5.41, 5.74) is -1.92. The van der Waals surface area contributed by atoms with Crippen molar-refractivity contribution in [2.45, 2.75) is 132 Å². The molecular weight excluding hydrogens is 576 g/mol. The van der Waals surface area contributed by atoms with Gasteiger partial charge in [0.05, 0.1) is 18.1 Å². The van der Waals surface area contributed by atoms with Crippen LogP contribution >= 0.6 is 0 Å². The Balaban J connectivity index is 1.58. The highest BCUT2D eigenvalue weighted by Crippen LogP contribution is 2.76. The van der Waals surface area contributed by atoms with Crippen LogP contribution in [0.15, 0.2) is 11.6 Å². The first-order chi connectivity index (χ1) is 20.7. The number of ether oxygens (including phenoxy) is 3. The molecule has 9 nitrogen and oxygen atoms in total. The van der Waals surface area contributed by atoms with E-state index in [4.69, 9.17) is 14.2 Å². The number of esters is 3. The molecule has 5 rings (SSSR count). The molecule has 3 unspecified atom stereocenters. The van der Waals surface area contributed by atoms with Gasteiger partial charge in [-0.2, -0.15) is 0 Å². The first-order valence-corrected chi connectivity index (χ1v) is 16.9. The number of carbonyl (C=O) groups excluding carboxylic acids is 3. The van der Waals surface area contributed by atoms with Crippen LogP contribution in [0, 0.1) is 50.2 Å². The summed E-state index contributed by atoms with van der Waals surface area (Å²) in [6, 6.07) is 0. The average molecular weight is 633 g/mol. The zero-order valence-corrected chi connectivity index (χ0v) is 28.8. The predicted octanol–water partition coefficient (Wildman–Crippen LogP) is 4.74. The molecule has 0 amide bonds. The van der Waals surface area contributed by atoms with Crippen LogP contribution in [-0.2, 0) is 28.6 Å². The van der Waals surface area contributed by atoms with Gasteiger partial charge in [-0.1, -0.05) is 53.2 Å². The van der Waals surface area contributed by atoms with Crippen LogP contribution in [0.1, 0.15) is 107 Å². The van der Waals surface area contributed by atoms with Gasteiger partial charge in [0, 0.05) is 31.6 Å². The molecule has 45 heavy (non-hydrogen) atoms. The molecule has 0 aromatic rings. The van der Waals surface area contributed by atoms with E-state index in [1.54, 1.807) is 0 Å². The second kappa shape index (κ2) is 11.0. The number of rotatable bonds is 5. The van der Waals surface area contributed by atoms with Crippen LogP contribution in [0.4, 0.5) is 0 Å². The molecule has 4 fully saturated rings. The minimum atomic E-state index is -1.24. The maximum absolute atomic E-state index is 12.2. The van der Waals surface area contributed by atoms with Gasteiger partial charge in [0.2, 0.25) is 0 Å². The highest BCUT2D eigenvalue weighted by molar-refractivity contribution is 5.67. The van der Waals surface area contributed by atoms with Gasteiger partial charge in [0.25, 0.3) is 0 Å². The van der Waals surface area contributed by atoms with Crippen molar-refractivity contribution in [2.75, 3.05) is 13.2 Å². The van der Waals surface area contributed by atoms with Gasteiger partial charge in [0.1, 0.15) is 24.9 Å². The van der Waals surface area contributed by atoms with E-state index in [1.165, 1.54) is 26.3 Å². The summed E-state index contributed by atoms with van der Waals surface area (Å²) >= 11 is 0. The molecule has 0 heterocycles. The van der Waals surface area contributed by atoms with Crippen LogP contribution in [0.5, 0.6) is 0 Å². The van der Waals surface area contributed by atoms with Gasteiger partial charge < -0.3 is 29.5 Å². The summed E-state index contributed by atoms with van der Waals surface area (Å²) in [5, 5.41) is 34.9. The fourth-order valence-corrected chi connectivity index (χ4v) is 11.9. The number of fused-ring (bicyclic) bond motifs is 7. The number of carbonyl (C=O) groups is 3. The summed E-state index contributed by atoms with van der Waals surface area (Å²) in [6.45, 7) is 17.1. The Kier molecular flexibility index (Phi) is 8.44.